The molecule has 0 saturated carbocycles. The molecule has 23 heavy (non-hydrogen) atoms. The molecular formula is C15H13F2NO4S. The fourth-order valence-corrected chi connectivity index (χ4v) is 3.42. The third kappa shape index (κ3) is 3.16. The van der Waals surface area contributed by atoms with Crippen molar-refractivity contribution in [3.8, 4) is 0 Å². The van der Waals surface area contributed by atoms with Gasteiger partial charge in [-0.15, -0.1) is 0 Å². The molecule has 122 valence electrons. The number of carboxylic acids is 1. The summed E-state index contributed by atoms with van der Waals surface area (Å²) in [5.74, 6) is -3.54. The average Bonchev–Trinajstić information content (AvgIpc) is 2.49. The van der Waals surface area contributed by atoms with Gasteiger partial charge in [-0.05, 0) is 36.8 Å². The number of benzene rings is 2. The second-order valence-corrected chi connectivity index (χ2v) is 6.79. The van der Waals surface area contributed by atoms with Crippen LogP contribution in [0, 0.1) is 18.6 Å². The largest absolute Gasteiger partial charge is 0.478 e. The van der Waals surface area contributed by atoms with E-state index in [1.54, 1.807) is 0 Å². The zero-order valence-electron chi connectivity index (χ0n) is 12.2. The molecule has 0 aromatic heterocycles. The van der Waals surface area contributed by atoms with Crippen LogP contribution in [-0.4, -0.2) is 26.5 Å². The van der Waals surface area contributed by atoms with Gasteiger partial charge >= 0.3 is 5.97 Å². The molecule has 0 amide bonds. The van der Waals surface area contributed by atoms with Crippen molar-refractivity contribution >= 4 is 21.7 Å². The van der Waals surface area contributed by atoms with E-state index in [0.29, 0.717) is 5.56 Å². The number of aromatic carboxylic acids is 1. The first kappa shape index (κ1) is 16.9. The standard InChI is InChI=1S/C15H13F2NO4S/c1-9-3-4-10(15(19)20)7-14(9)23(21,22)18(2)11-5-6-12(16)13(17)8-11/h3-8H,1-2H3,(H,19,20). The smallest absolute Gasteiger partial charge is 0.335 e. The number of rotatable bonds is 4. The van der Waals surface area contributed by atoms with Crippen molar-refractivity contribution in [3.05, 3.63) is 59.2 Å². The minimum absolute atomic E-state index is 0.0796. The second kappa shape index (κ2) is 5.96. The van der Waals surface area contributed by atoms with E-state index in [0.717, 1.165) is 28.6 Å². The van der Waals surface area contributed by atoms with Crippen molar-refractivity contribution in [1.82, 2.24) is 0 Å². The van der Waals surface area contributed by atoms with Crippen molar-refractivity contribution in [3.63, 3.8) is 0 Å². The SMILES string of the molecule is Cc1ccc(C(=O)O)cc1S(=O)(=O)N(C)c1ccc(F)c(F)c1. The highest BCUT2D eigenvalue weighted by Gasteiger charge is 2.25. The number of sulfonamides is 1. The van der Waals surface area contributed by atoms with Crippen molar-refractivity contribution in [1.29, 1.82) is 0 Å². The molecule has 0 aliphatic rings. The molecule has 0 fully saturated rings. The molecule has 2 rings (SSSR count). The lowest BCUT2D eigenvalue weighted by Crippen LogP contribution is -2.27. The zero-order chi connectivity index (χ0) is 17.4. The van der Waals surface area contributed by atoms with Crippen LogP contribution in [0.1, 0.15) is 15.9 Å². The summed E-state index contributed by atoms with van der Waals surface area (Å²) in [5, 5.41) is 8.99. The van der Waals surface area contributed by atoms with Gasteiger partial charge in [-0.2, -0.15) is 0 Å². The first-order chi connectivity index (χ1) is 10.6. The summed E-state index contributed by atoms with van der Waals surface area (Å²) in [4.78, 5) is 10.8. The Morgan fingerprint density at radius 2 is 1.74 bits per heavy atom. The molecule has 0 bridgehead atoms. The minimum atomic E-state index is -4.13. The molecular weight excluding hydrogens is 328 g/mol. The number of hydrogen-bond acceptors (Lipinski definition) is 3. The predicted molar refractivity (Wildman–Crippen MR) is 80.1 cm³/mol. The molecule has 1 N–H and O–H groups in total. The van der Waals surface area contributed by atoms with Gasteiger partial charge in [0.15, 0.2) is 11.6 Å². The fraction of sp³-hybridized carbons (Fsp3) is 0.133. The minimum Gasteiger partial charge on any atom is -0.478 e. The number of hydrogen-bond donors (Lipinski definition) is 1. The fourth-order valence-electron chi connectivity index (χ4n) is 1.98. The van der Waals surface area contributed by atoms with E-state index in [2.05, 4.69) is 0 Å². The molecule has 8 heteroatoms. The first-order valence-electron chi connectivity index (χ1n) is 6.42. The lowest BCUT2D eigenvalue weighted by Gasteiger charge is -2.21. The van der Waals surface area contributed by atoms with Gasteiger partial charge in [-0.25, -0.2) is 22.0 Å². The Morgan fingerprint density at radius 1 is 1.09 bits per heavy atom. The summed E-state index contributed by atoms with van der Waals surface area (Å²) >= 11 is 0. The van der Waals surface area contributed by atoms with Gasteiger partial charge in [0.05, 0.1) is 16.1 Å². The van der Waals surface area contributed by atoms with Crippen molar-refractivity contribution in [2.75, 3.05) is 11.4 Å². The van der Waals surface area contributed by atoms with Crippen LogP contribution >= 0.6 is 0 Å². The molecule has 0 spiro atoms. The van der Waals surface area contributed by atoms with Crippen LogP contribution in [0.15, 0.2) is 41.3 Å². The second-order valence-electron chi connectivity index (χ2n) is 4.86. The number of anilines is 1. The highest BCUT2D eigenvalue weighted by atomic mass is 32.2. The maximum Gasteiger partial charge on any atom is 0.335 e. The van der Waals surface area contributed by atoms with E-state index in [9.17, 15) is 22.0 Å². The summed E-state index contributed by atoms with van der Waals surface area (Å²) < 4.78 is 52.3. The van der Waals surface area contributed by atoms with Gasteiger partial charge in [0.25, 0.3) is 10.0 Å². The normalized spacial score (nSPS) is 11.3. The highest BCUT2D eigenvalue weighted by Crippen LogP contribution is 2.26. The number of nitrogens with zero attached hydrogens (tertiary/aromatic N) is 1. The maximum atomic E-state index is 13.3. The lowest BCUT2D eigenvalue weighted by molar-refractivity contribution is 0.0696. The van der Waals surface area contributed by atoms with Crippen LogP contribution in [0.4, 0.5) is 14.5 Å². The molecule has 0 radical (unpaired) electrons. The monoisotopic (exact) mass is 341 g/mol. The van der Waals surface area contributed by atoms with Crippen LogP contribution < -0.4 is 4.31 Å². The topological polar surface area (TPSA) is 74.7 Å². The van der Waals surface area contributed by atoms with Crippen LogP contribution in [0.5, 0.6) is 0 Å². The molecule has 2 aromatic rings. The Morgan fingerprint density at radius 3 is 2.30 bits per heavy atom. The lowest BCUT2D eigenvalue weighted by atomic mass is 10.1. The molecule has 0 aliphatic heterocycles. The Bertz CT molecular complexity index is 881. The van der Waals surface area contributed by atoms with Gasteiger partial charge < -0.3 is 5.11 Å². The predicted octanol–water partition coefficient (Wildman–Crippen LogP) is 2.80. The van der Waals surface area contributed by atoms with Crippen molar-refractivity contribution in [2.24, 2.45) is 0 Å². The zero-order valence-corrected chi connectivity index (χ0v) is 13.1. The molecule has 0 heterocycles. The van der Waals surface area contributed by atoms with Gasteiger partial charge in [0.1, 0.15) is 0 Å². The number of carbonyl (C=O) groups is 1. The summed E-state index contributed by atoms with van der Waals surface area (Å²) in [5.41, 5.74) is 0.0707. The van der Waals surface area contributed by atoms with E-state index in [4.69, 9.17) is 5.11 Å². The average molecular weight is 341 g/mol. The molecule has 0 atom stereocenters. The Labute approximate surface area is 131 Å². The molecule has 0 aliphatic carbocycles. The third-order valence-corrected chi connectivity index (χ3v) is 5.27. The molecule has 5 nitrogen and oxygen atoms in total. The van der Waals surface area contributed by atoms with E-state index in [1.165, 1.54) is 26.1 Å². The number of carboxylic acid groups (broad SMARTS) is 1. The molecule has 0 unspecified atom stereocenters. The molecule has 2 aromatic carbocycles. The Balaban J connectivity index is 2.55. The number of aryl methyl sites for hydroxylation is 1. The summed E-state index contributed by atoms with van der Waals surface area (Å²) in [6.45, 7) is 1.51. The Hall–Kier alpha value is -2.48. The van der Waals surface area contributed by atoms with E-state index < -0.39 is 27.6 Å². The Kier molecular flexibility index (Phi) is 4.37. The van der Waals surface area contributed by atoms with Crippen LogP contribution in [-0.2, 0) is 10.0 Å². The molecule has 0 saturated heterocycles. The van der Waals surface area contributed by atoms with Crippen LogP contribution in [0.3, 0.4) is 0 Å². The summed E-state index contributed by atoms with van der Waals surface area (Å²) in [6, 6.07) is 6.37. The first-order valence-corrected chi connectivity index (χ1v) is 7.86. The van der Waals surface area contributed by atoms with Crippen molar-refractivity contribution < 1.29 is 27.1 Å². The summed E-state index contributed by atoms with van der Waals surface area (Å²) in [6.07, 6.45) is 0. The van der Waals surface area contributed by atoms with E-state index in [-0.39, 0.29) is 16.1 Å². The van der Waals surface area contributed by atoms with Crippen molar-refractivity contribution in [2.45, 2.75) is 11.8 Å². The third-order valence-electron chi connectivity index (χ3n) is 3.34. The van der Waals surface area contributed by atoms with Gasteiger partial charge in [-0.3, -0.25) is 4.31 Å². The number of halogens is 2. The van der Waals surface area contributed by atoms with Gasteiger partial charge in [-0.1, -0.05) is 6.07 Å². The maximum absolute atomic E-state index is 13.3. The van der Waals surface area contributed by atoms with Gasteiger partial charge in [0, 0.05) is 13.1 Å². The van der Waals surface area contributed by atoms with Gasteiger partial charge in [0.2, 0.25) is 0 Å². The van der Waals surface area contributed by atoms with Crippen LogP contribution in [0.2, 0.25) is 0 Å². The quantitative estimate of drug-likeness (QED) is 0.928. The van der Waals surface area contributed by atoms with Crippen LogP contribution in [0.25, 0.3) is 0 Å². The van der Waals surface area contributed by atoms with E-state index in [1.807, 2.05) is 0 Å². The highest BCUT2D eigenvalue weighted by molar-refractivity contribution is 7.92. The van der Waals surface area contributed by atoms with E-state index >= 15 is 0 Å². The summed E-state index contributed by atoms with van der Waals surface area (Å²) in [7, 11) is -2.95.